The molecule has 0 radical (unpaired) electrons. The van der Waals surface area contributed by atoms with Gasteiger partial charge in [-0.15, -0.1) is 0 Å². The van der Waals surface area contributed by atoms with Gasteiger partial charge in [-0.25, -0.2) is 9.97 Å². The predicted molar refractivity (Wildman–Crippen MR) is 90.9 cm³/mol. The number of aromatic amines is 1. The van der Waals surface area contributed by atoms with E-state index >= 15 is 0 Å². The second-order valence-electron chi connectivity index (χ2n) is 5.25. The number of anilines is 1. The quantitative estimate of drug-likeness (QED) is 0.572. The molecule has 3 N–H and O–H groups in total. The highest BCUT2D eigenvalue weighted by molar-refractivity contribution is 7.80. The number of rotatable bonds is 5. The molecule has 6 nitrogen and oxygen atoms in total. The first kappa shape index (κ1) is 15.2. The smallest absolute Gasteiger partial charge is 0.175 e. The molecule has 0 bridgehead atoms. The molecule has 116 valence electrons. The summed E-state index contributed by atoms with van der Waals surface area (Å²) < 4.78 is 0. The molecule has 0 aliphatic carbocycles. The monoisotopic (exact) mass is 336 g/mol. The molecule has 0 saturated carbocycles. The van der Waals surface area contributed by atoms with Gasteiger partial charge >= 0.3 is 0 Å². The predicted octanol–water partition coefficient (Wildman–Crippen LogP) is 1.83. The SMILES string of the molecule is CC(CN1C(=S)NCc2[nH]cnc21)NCc1ccc(Cl)nc1. The van der Waals surface area contributed by atoms with Crippen LogP contribution in [-0.2, 0) is 13.1 Å². The van der Waals surface area contributed by atoms with Crippen molar-refractivity contribution in [2.45, 2.75) is 26.1 Å². The molecule has 0 fully saturated rings. The Morgan fingerprint density at radius 1 is 1.45 bits per heavy atom. The average molecular weight is 337 g/mol. The summed E-state index contributed by atoms with van der Waals surface area (Å²) >= 11 is 11.2. The van der Waals surface area contributed by atoms with Crippen LogP contribution in [0.15, 0.2) is 24.7 Å². The van der Waals surface area contributed by atoms with E-state index in [-0.39, 0.29) is 6.04 Å². The van der Waals surface area contributed by atoms with Gasteiger partial charge in [-0.2, -0.15) is 0 Å². The molecule has 0 saturated heterocycles. The average Bonchev–Trinajstić information content (AvgIpc) is 2.98. The van der Waals surface area contributed by atoms with E-state index in [2.05, 4.69) is 32.5 Å². The van der Waals surface area contributed by atoms with E-state index in [1.165, 1.54) is 0 Å². The molecule has 8 heteroatoms. The molecule has 1 aliphatic heterocycles. The van der Waals surface area contributed by atoms with E-state index in [1.807, 2.05) is 11.0 Å². The summed E-state index contributed by atoms with van der Waals surface area (Å²) in [5, 5.41) is 7.87. The van der Waals surface area contributed by atoms with Gasteiger partial charge in [0.05, 0.1) is 18.6 Å². The minimum atomic E-state index is 0.234. The lowest BCUT2D eigenvalue weighted by molar-refractivity contribution is 0.549. The van der Waals surface area contributed by atoms with E-state index < -0.39 is 0 Å². The van der Waals surface area contributed by atoms with Gasteiger partial charge in [-0.1, -0.05) is 17.7 Å². The molecule has 22 heavy (non-hydrogen) atoms. The van der Waals surface area contributed by atoms with Crippen LogP contribution in [0.3, 0.4) is 0 Å². The normalized spacial score (nSPS) is 15.4. The third kappa shape index (κ3) is 3.37. The topological polar surface area (TPSA) is 68.9 Å². The highest BCUT2D eigenvalue weighted by Crippen LogP contribution is 2.20. The molecular weight excluding hydrogens is 320 g/mol. The minimum absolute atomic E-state index is 0.234. The highest BCUT2D eigenvalue weighted by Gasteiger charge is 2.24. The summed E-state index contributed by atoms with van der Waals surface area (Å²) in [5.41, 5.74) is 2.15. The lowest BCUT2D eigenvalue weighted by atomic mass is 10.2. The van der Waals surface area contributed by atoms with Gasteiger partial charge in [-0.3, -0.25) is 0 Å². The molecule has 0 amide bonds. The standard InChI is InChI=1S/C14H17ClN6S/c1-9(16-4-10-2-3-12(15)17-5-10)7-21-13-11(19-8-20-13)6-18-14(21)22/h2-3,5,8-9,16H,4,6-7H2,1H3,(H,18,22)(H,19,20). The van der Waals surface area contributed by atoms with Crippen LogP contribution in [0.1, 0.15) is 18.2 Å². The van der Waals surface area contributed by atoms with Crippen molar-refractivity contribution in [3.05, 3.63) is 41.1 Å². The first-order valence-electron chi connectivity index (χ1n) is 7.05. The molecule has 1 atom stereocenters. The fourth-order valence-electron chi connectivity index (χ4n) is 2.34. The number of fused-ring (bicyclic) bond motifs is 1. The Kier molecular flexibility index (Phi) is 4.56. The number of imidazole rings is 1. The van der Waals surface area contributed by atoms with Crippen molar-refractivity contribution >= 4 is 34.7 Å². The molecule has 0 aromatic carbocycles. The van der Waals surface area contributed by atoms with Gasteiger partial charge < -0.3 is 20.5 Å². The summed E-state index contributed by atoms with van der Waals surface area (Å²) in [5.74, 6) is 0.908. The summed E-state index contributed by atoms with van der Waals surface area (Å²) in [6.07, 6.45) is 3.48. The van der Waals surface area contributed by atoms with Gasteiger partial charge in [-0.05, 0) is 30.8 Å². The highest BCUT2D eigenvalue weighted by atomic mass is 35.5. The zero-order valence-corrected chi connectivity index (χ0v) is 13.7. The third-order valence-corrected chi connectivity index (χ3v) is 4.10. The van der Waals surface area contributed by atoms with Crippen LogP contribution in [-0.4, -0.2) is 32.7 Å². The fraction of sp³-hybridized carbons (Fsp3) is 0.357. The maximum absolute atomic E-state index is 5.79. The van der Waals surface area contributed by atoms with Crippen LogP contribution in [0.25, 0.3) is 0 Å². The largest absolute Gasteiger partial charge is 0.357 e. The molecule has 2 aromatic heterocycles. The van der Waals surface area contributed by atoms with E-state index in [0.29, 0.717) is 16.8 Å². The first-order chi connectivity index (χ1) is 10.6. The van der Waals surface area contributed by atoms with Crippen LogP contribution < -0.4 is 15.5 Å². The van der Waals surface area contributed by atoms with Crippen molar-refractivity contribution in [3.63, 3.8) is 0 Å². The van der Waals surface area contributed by atoms with Crippen molar-refractivity contribution in [1.82, 2.24) is 25.6 Å². The number of H-pyrrole nitrogens is 1. The first-order valence-corrected chi connectivity index (χ1v) is 7.83. The fourth-order valence-corrected chi connectivity index (χ4v) is 2.69. The van der Waals surface area contributed by atoms with Crippen LogP contribution in [0.4, 0.5) is 5.82 Å². The zero-order valence-electron chi connectivity index (χ0n) is 12.1. The molecule has 3 rings (SSSR count). The number of nitrogens with one attached hydrogen (secondary N) is 3. The molecule has 2 aromatic rings. The number of thiocarbonyl (C=S) groups is 1. The Labute approximate surface area is 139 Å². The summed E-state index contributed by atoms with van der Waals surface area (Å²) in [6, 6.07) is 4.00. The molecular formula is C14H17ClN6S. The number of nitrogens with zero attached hydrogens (tertiary/aromatic N) is 3. The molecule has 0 spiro atoms. The molecule has 1 unspecified atom stereocenters. The van der Waals surface area contributed by atoms with E-state index in [9.17, 15) is 0 Å². The van der Waals surface area contributed by atoms with Crippen molar-refractivity contribution in [3.8, 4) is 0 Å². The number of hydrogen-bond donors (Lipinski definition) is 3. The minimum Gasteiger partial charge on any atom is -0.357 e. The number of aromatic nitrogens is 3. The van der Waals surface area contributed by atoms with Crippen LogP contribution >= 0.6 is 23.8 Å². The Bertz CT molecular complexity index is 656. The van der Waals surface area contributed by atoms with Crippen molar-refractivity contribution in [2.75, 3.05) is 11.4 Å². The summed E-state index contributed by atoms with van der Waals surface area (Å²) in [6.45, 7) is 4.29. The van der Waals surface area contributed by atoms with Crippen molar-refractivity contribution < 1.29 is 0 Å². The lowest BCUT2D eigenvalue weighted by Gasteiger charge is -2.31. The second-order valence-corrected chi connectivity index (χ2v) is 6.02. The Morgan fingerprint density at radius 2 is 2.32 bits per heavy atom. The Morgan fingerprint density at radius 3 is 3.09 bits per heavy atom. The van der Waals surface area contributed by atoms with Gasteiger partial charge in [0.2, 0.25) is 0 Å². The van der Waals surface area contributed by atoms with E-state index in [4.69, 9.17) is 23.8 Å². The maximum atomic E-state index is 5.79. The van der Waals surface area contributed by atoms with Gasteiger partial charge in [0.25, 0.3) is 0 Å². The molecule has 3 heterocycles. The van der Waals surface area contributed by atoms with Crippen LogP contribution in [0.2, 0.25) is 5.15 Å². The van der Waals surface area contributed by atoms with Gasteiger partial charge in [0.15, 0.2) is 10.9 Å². The van der Waals surface area contributed by atoms with Gasteiger partial charge in [0, 0.05) is 25.3 Å². The van der Waals surface area contributed by atoms with Crippen LogP contribution in [0.5, 0.6) is 0 Å². The van der Waals surface area contributed by atoms with E-state index in [0.717, 1.165) is 30.2 Å². The number of halogens is 1. The second kappa shape index (κ2) is 6.60. The van der Waals surface area contributed by atoms with Crippen LogP contribution in [0, 0.1) is 0 Å². The number of hydrogen-bond acceptors (Lipinski definition) is 4. The summed E-state index contributed by atoms with van der Waals surface area (Å²) in [4.78, 5) is 13.6. The summed E-state index contributed by atoms with van der Waals surface area (Å²) in [7, 11) is 0. The lowest BCUT2D eigenvalue weighted by Crippen LogP contribution is -2.49. The van der Waals surface area contributed by atoms with Gasteiger partial charge in [0.1, 0.15) is 5.15 Å². The van der Waals surface area contributed by atoms with Crippen molar-refractivity contribution in [2.24, 2.45) is 0 Å². The third-order valence-electron chi connectivity index (χ3n) is 3.51. The number of pyridine rings is 1. The van der Waals surface area contributed by atoms with Crippen molar-refractivity contribution in [1.29, 1.82) is 0 Å². The Hall–Kier alpha value is -1.70. The molecule has 1 aliphatic rings. The van der Waals surface area contributed by atoms with E-state index in [1.54, 1.807) is 18.6 Å². The maximum Gasteiger partial charge on any atom is 0.175 e. The zero-order chi connectivity index (χ0) is 15.5. The Balaban J connectivity index is 1.59.